The molecule has 158 valence electrons. The molecule has 0 radical (unpaired) electrons. The van der Waals surface area contributed by atoms with Gasteiger partial charge in [0.1, 0.15) is 11.5 Å². The number of phenols is 2. The predicted molar refractivity (Wildman–Crippen MR) is 121 cm³/mol. The molecule has 4 rings (SSSR count). The first kappa shape index (κ1) is 20.8. The zero-order chi connectivity index (χ0) is 22.3. The average Bonchev–Trinajstić information content (AvgIpc) is 2.68. The molecule has 0 spiro atoms. The maximum Gasteiger partial charge on any atom is 0.323 e. The number of benzene rings is 4. The lowest BCUT2D eigenvalue weighted by Gasteiger charge is -2.11. The predicted octanol–water partition coefficient (Wildman–Crippen LogP) is 4.58. The third kappa shape index (κ3) is 4.36. The standard InChI is InChI=1S/C21H16N2O6S2/c24-19-9-15(30)5-11-1-3-13(7-17(11)19)22-21(26)23-14-4-2-12-6-16(31(27,28)29)10-20(25)18(12)8-14/h1-10,24-25,30H,(H2,22,23,26)(H,27,28,29). The summed E-state index contributed by atoms with van der Waals surface area (Å²) in [7, 11) is -4.46. The molecule has 10 heteroatoms. The minimum atomic E-state index is -4.46. The number of phenolic OH excluding ortho intramolecular Hbond substituents is 2. The summed E-state index contributed by atoms with van der Waals surface area (Å²) in [5.74, 6) is -0.316. The Hall–Kier alpha value is -3.47. The number of hydrogen-bond acceptors (Lipinski definition) is 6. The summed E-state index contributed by atoms with van der Waals surface area (Å²) in [5.41, 5.74) is 0.803. The zero-order valence-corrected chi connectivity index (χ0v) is 17.4. The van der Waals surface area contributed by atoms with Crippen LogP contribution >= 0.6 is 12.6 Å². The van der Waals surface area contributed by atoms with E-state index in [1.54, 1.807) is 24.3 Å². The lowest BCUT2D eigenvalue weighted by molar-refractivity contribution is 0.262. The average molecular weight is 457 g/mol. The molecule has 0 saturated heterocycles. The van der Waals surface area contributed by atoms with Crippen LogP contribution in [0.25, 0.3) is 21.5 Å². The van der Waals surface area contributed by atoms with E-state index < -0.39 is 21.0 Å². The Balaban J connectivity index is 1.57. The van der Waals surface area contributed by atoms with Gasteiger partial charge >= 0.3 is 6.03 Å². The minimum absolute atomic E-state index is 0.0424. The number of carbonyl (C=O) groups is 1. The molecular weight excluding hydrogens is 440 g/mol. The van der Waals surface area contributed by atoms with Crippen molar-refractivity contribution in [2.24, 2.45) is 0 Å². The van der Waals surface area contributed by atoms with Crippen LogP contribution in [0.5, 0.6) is 11.5 Å². The molecule has 0 aliphatic heterocycles. The van der Waals surface area contributed by atoms with Gasteiger partial charge in [-0.25, -0.2) is 4.79 Å². The highest BCUT2D eigenvalue weighted by Gasteiger charge is 2.14. The minimum Gasteiger partial charge on any atom is -0.507 e. The summed E-state index contributed by atoms with van der Waals surface area (Å²) in [6.45, 7) is 0. The van der Waals surface area contributed by atoms with Crippen molar-refractivity contribution in [3.05, 3.63) is 60.7 Å². The highest BCUT2D eigenvalue weighted by Crippen LogP contribution is 2.32. The number of carbonyl (C=O) groups excluding carboxylic acids is 1. The summed E-state index contributed by atoms with van der Waals surface area (Å²) >= 11 is 4.22. The van der Waals surface area contributed by atoms with Gasteiger partial charge < -0.3 is 20.8 Å². The van der Waals surface area contributed by atoms with Crippen molar-refractivity contribution in [3.63, 3.8) is 0 Å². The van der Waals surface area contributed by atoms with E-state index in [0.29, 0.717) is 32.4 Å². The van der Waals surface area contributed by atoms with Crippen LogP contribution < -0.4 is 10.6 Å². The van der Waals surface area contributed by atoms with E-state index in [9.17, 15) is 23.4 Å². The molecule has 2 amide bonds. The van der Waals surface area contributed by atoms with Gasteiger partial charge in [-0.2, -0.15) is 8.42 Å². The molecular formula is C21H16N2O6S2. The fourth-order valence-electron chi connectivity index (χ4n) is 3.23. The Kier molecular flexibility index (Phi) is 5.13. The van der Waals surface area contributed by atoms with Gasteiger partial charge in [0.2, 0.25) is 0 Å². The lowest BCUT2D eigenvalue weighted by Crippen LogP contribution is -2.19. The van der Waals surface area contributed by atoms with Crippen LogP contribution in [0.1, 0.15) is 0 Å². The number of amides is 2. The van der Waals surface area contributed by atoms with Crippen molar-refractivity contribution in [3.8, 4) is 11.5 Å². The second kappa shape index (κ2) is 7.65. The summed E-state index contributed by atoms with van der Waals surface area (Å²) in [6, 6.07) is 14.4. The third-order valence-electron chi connectivity index (χ3n) is 4.64. The van der Waals surface area contributed by atoms with E-state index in [4.69, 9.17) is 4.55 Å². The highest BCUT2D eigenvalue weighted by molar-refractivity contribution is 7.85. The molecule has 5 N–H and O–H groups in total. The Morgan fingerprint density at radius 2 is 1.29 bits per heavy atom. The van der Waals surface area contributed by atoms with Crippen molar-refractivity contribution in [2.75, 3.05) is 10.6 Å². The first-order valence-electron chi connectivity index (χ1n) is 8.88. The normalized spacial score (nSPS) is 11.5. The molecule has 0 aliphatic rings. The first-order chi connectivity index (χ1) is 14.6. The molecule has 31 heavy (non-hydrogen) atoms. The van der Waals surface area contributed by atoms with Gasteiger partial charge in [0.15, 0.2) is 0 Å². The molecule has 0 unspecified atom stereocenters. The third-order valence-corrected chi connectivity index (χ3v) is 5.73. The van der Waals surface area contributed by atoms with Gasteiger partial charge in [0.25, 0.3) is 10.1 Å². The summed E-state index contributed by atoms with van der Waals surface area (Å²) in [6.07, 6.45) is 0. The maximum atomic E-state index is 12.4. The Morgan fingerprint density at radius 1 is 0.774 bits per heavy atom. The van der Waals surface area contributed by atoms with Crippen LogP contribution in [-0.2, 0) is 10.1 Å². The number of aromatic hydroxyl groups is 2. The topological polar surface area (TPSA) is 136 Å². The van der Waals surface area contributed by atoms with Crippen LogP contribution in [0.3, 0.4) is 0 Å². The van der Waals surface area contributed by atoms with Gasteiger partial charge in [0, 0.05) is 33.1 Å². The van der Waals surface area contributed by atoms with Crippen LogP contribution in [0, 0.1) is 0 Å². The Morgan fingerprint density at radius 3 is 1.84 bits per heavy atom. The van der Waals surface area contributed by atoms with Gasteiger partial charge in [-0.15, -0.1) is 12.6 Å². The van der Waals surface area contributed by atoms with E-state index in [-0.39, 0.29) is 11.5 Å². The number of hydrogen-bond donors (Lipinski definition) is 6. The number of fused-ring (bicyclic) bond motifs is 2. The van der Waals surface area contributed by atoms with Gasteiger partial charge in [-0.1, -0.05) is 12.1 Å². The van der Waals surface area contributed by atoms with Gasteiger partial charge in [0.05, 0.1) is 4.90 Å². The molecule has 4 aromatic rings. The van der Waals surface area contributed by atoms with Gasteiger partial charge in [-0.05, 0) is 53.2 Å². The van der Waals surface area contributed by atoms with E-state index in [0.717, 1.165) is 11.5 Å². The number of nitrogens with one attached hydrogen (secondary N) is 2. The van der Waals surface area contributed by atoms with Crippen molar-refractivity contribution in [2.45, 2.75) is 9.79 Å². The molecule has 0 saturated carbocycles. The number of anilines is 2. The first-order valence-corrected chi connectivity index (χ1v) is 10.8. The van der Waals surface area contributed by atoms with Crippen LogP contribution in [0.4, 0.5) is 16.2 Å². The number of rotatable bonds is 3. The Bertz CT molecular complexity index is 1470. The lowest BCUT2D eigenvalue weighted by atomic mass is 10.1. The van der Waals surface area contributed by atoms with Crippen molar-refractivity contribution < 1.29 is 28.0 Å². The fourth-order valence-corrected chi connectivity index (χ4v) is 4.03. The molecule has 4 aromatic carbocycles. The molecule has 8 nitrogen and oxygen atoms in total. The fraction of sp³-hybridized carbons (Fsp3) is 0. The molecule has 0 atom stereocenters. The smallest absolute Gasteiger partial charge is 0.323 e. The molecule has 0 fully saturated rings. The highest BCUT2D eigenvalue weighted by atomic mass is 32.2. The van der Waals surface area contributed by atoms with Crippen LogP contribution in [0.15, 0.2) is 70.5 Å². The number of thiol groups is 1. The second-order valence-corrected chi connectivity index (χ2v) is 8.77. The zero-order valence-electron chi connectivity index (χ0n) is 15.7. The van der Waals surface area contributed by atoms with E-state index in [2.05, 4.69) is 23.3 Å². The monoisotopic (exact) mass is 456 g/mol. The van der Waals surface area contributed by atoms with Crippen LogP contribution in [0.2, 0.25) is 0 Å². The maximum absolute atomic E-state index is 12.4. The van der Waals surface area contributed by atoms with Crippen molar-refractivity contribution in [1.29, 1.82) is 0 Å². The largest absolute Gasteiger partial charge is 0.507 e. The SMILES string of the molecule is O=C(Nc1ccc2cc(S)cc(O)c2c1)Nc1ccc2cc(S(=O)(=O)O)cc(O)c2c1. The van der Waals surface area contributed by atoms with Crippen LogP contribution in [-0.4, -0.2) is 29.2 Å². The quantitative estimate of drug-likeness (QED) is 0.197. The number of urea groups is 1. The Labute approximate surface area is 182 Å². The van der Waals surface area contributed by atoms with Crippen molar-refractivity contribution >= 4 is 61.7 Å². The summed E-state index contributed by atoms with van der Waals surface area (Å²) in [5, 5.41) is 27.5. The summed E-state index contributed by atoms with van der Waals surface area (Å²) in [4.78, 5) is 12.6. The molecule has 0 aliphatic carbocycles. The van der Waals surface area contributed by atoms with E-state index >= 15 is 0 Å². The second-order valence-electron chi connectivity index (χ2n) is 6.83. The van der Waals surface area contributed by atoms with E-state index in [1.165, 1.54) is 30.3 Å². The van der Waals surface area contributed by atoms with Crippen molar-refractivity contribution in [1.82, 2.24) is 0 Å². The molecule has 0 aromatic heterocycles. The summed E-state index contributed by atoms with van der Waals surface area (Å²) < 4.78 is 31.7. The molecule has 0 heterocycles. The van der Waals surface area contributed by atoms with Gasteiger partial charge in [-0.3, -0.25) is 4.55 Å². The molecule has 0 bridgehead atoms. The van der Waals surface area contributed by atoms with E-state index in [1.807, 2.05) is 0 Å².